The van der Waals surface area contributed by atoms with Crippen LogP contribution in [0.5, 0.6) is 0 Å². The van der Waals surface area contributed by atoms with Gasteiger partial charge in [0.15, 0.2) is 0 Å². The zero-order valence-corrected chi connectivity index (χ0v) is 15.0. The Morgan fingerprint density at radius 1 is 1.12 bits per heavy atom. The van der Waals surface area contributed by atoms with Gasteiger partial charge in [-0.1, -0.05) is 47.5 Å². The van der Waals surface area contributed by atoms with E-state index in [1.54, 1.807) is 18.2 Å². The van der Waals surface area contributed by atoms with Crippen molar-refractivity contribution in [3.8, 4) is 0 Å². The molecular weight excluding hydrogens is 347 g/mol. The van der Waals surface area contributed by atoms with Gasteiger partial charge < -0.3 is 10.2 Å². The summed E-state index contributed by atoms with van der Waals surface area (Å²) in [5.41, 5.74) is 2.59. The minimum absolute atomic E-state index is 0.109. The van der Waals surface area contributed by atoms with E-state index < -0.39 is 0 Å². The first-order valence-corrected chi connectivity index (χ1v) is 8.18. The van der Waals surface area contributed by atoms with Gasteiger partial charge in [0.25, 0.3) is 0 Å². The Bertz CT molecular complexity index is 762. The van der Waals surface area contributed by atoms with Crippen molar-refractivity contribution in [2.75, 3.05) is 11.4 Å². The number of halogens is 2. The van der Waals surface area contributed by atoms with Crippen molar-refractivity contribution in [1.29, 1.82) is 0 Å². The minimum Gasteiger partial charge on any atom is -0.350 e. The highest BCUT2D eigenvalue weighted by molar-refractivity contribution is 6.36. The van der Waals surface area contributed by atoms with Crippen LogP contribution in [0.3, 0.4) is 0 Å². The number of nitrogens with zero attached hydrogens (tertiary/aromatic N) is 1. The molecule has 0 spiro atoms. The van der Waals surface area contributed by atoms with Crippen LogP contribution >= 0.6 is 23.2 Å². The molecule has 126 valence electrons. The smallest absolute Gasteiger partial charge is 0.240 e. The fourth-order valence-electron chi connectivity index (χ4n) is 2.27. The van der Waals surface area contributed by atoms with E-state index in [0.717, 1.165) is 11.1 Å². The molecule has 0 atom stereocenters. The number of anilines is 1. The highest BCUT2D eigenvalue weighted by Gasteiger charge is 2.18. The van der Waals surface area contributed by atoms with Gasteiger partial charge in [0.1, 0.15) is 6.54 Å². The average Bonchev–Trinajstić information content (AvgIpc) is 2.52. The predicted octanol–water partition coefficient (Wildman–Crippen LogP) is 3.97. The molecular formula is C18H18Cl2N2O2. The summed E-state index contributed by atoms with van der Waals surface area (Å²) in [7, 11) is 0. The molecule has 24 heavy (non-hydrogen) atoms. The van der Waals surface area contributed by atoms with Crippen LogP contribution < -0.4 is 10.2 Å². The number of hydrogen-bond donors (Lipinski definition) is 1. The molecule has 2 aromatic carbocycles. The molecule has 4 nitrogen and oxygen atoms in total. The maximum absolute atomic E-state index is 12.2. The number of aryl methyl sites for hydroxylation is 1. The Morgan fingerprint density at radius 2 is 1.83 bits per heavy atom. The lowest BCUT2D eigenvalue weighted by atomic mass is 10.1. The van der Waals surface area contributed by atoms with Crippen LogP contribution in [0.2, 0.25) is 10.0 Å². The Kier molecular flexibility index (Phi) is 6.23. The van der Waals surface area contributed by atoms with Gasteiger partial charge in [-0.3, -0.25) is 9.59 Å². The second-order valence-corrected chi connectivity index (χ2v) is 6.25. The highest BCUT2D eigenvalue weighted by atomic mass is 35.5. The fraction of sp³-hybridized carbons (Fsp3) is 0.222. The topological polar surface area (TPSA) is 49.4 Å². The van der Waals surface area contributed by atoms with Crippen molar-refractivity contribution in [1.82, 2.24) is 5.32 Å². The van der Waals surface area contributed by atoms with Crippen molar-refractivity contribution in [2.24, 2.45) is 0 Å². The molecule has 1 N–H and O–H groups in total. The van der Waals surface area contributed by atoms with Gasteiger partial charge in [-0.05, 0) is 36.2 Å². The molecule has 0 unspecified atom stereocenters. The van der Waals surface area contributed by atoms with Gasteiger partial charge in [0.2, 0.25) is 11.8 Å². The molecule has 0 aromatic heterocycles. The molecule has 0 aliphatic heterocycles. The van der Waals surface area contributed by atoms with E-state index >= 15 is 0 Å². The van der Waals surface area contributed by atoms with Crippen LogP contribution in [-0.4, -0.2) is 18.4 Å². The van der Waals surface area contributed by atoms with Crippen LogP contribution in [0, 0.1) is 6.92 Å². The lowest BCUT2D eigenvalue weighted by Gasteiger charge is -2.22. The van der Waals surface area contributed by atoms with Crippen LogP contribution in [-0.2, 0) is 16.1 Å². The van der Waals surface area contributed by atoms with Gasteiger partial charge in [-0.2, -0.15) is 0 Å². The second-order valence-electron chi connectivity index (χ2n) is 5.40. The number of nitrogens with one attached hydrogen (secondary N) is 1. The molecule has 0 radical (unpaired) electrons. The van der Waals surface area contributed by atoms with E-state index in [9.17, 15) is 9.59 Å². The molecule has 0 aliphatic rings. The van der Waals surface area contributed by atoms with E-state index in [1.807, 2.05) is 31.2 Å². The van der Waals surface area contributed by atoms with Crippen molar-refractivity contribution in [3.05, 3.63) is 63.6 Å². The molecule has 2 amide bonds. The second kappa shape index (κ2) is 8.18. The van der Waals surface area contributed by atoms with Gasteiger partial charge in [0, 0.05) is 18.5 Å². The highest BCUT2D eigenvalue weighted by Crippen LogP contribution is 2.28. The molecule has 0 bridgehead atoms. The number of carbonyl (C=O) groups excluding carboxylic acids is 2. The molecule has 2 aromatic rings. The first-order valence-electron chi connectivity index (χ1n) is 7.43. The third-order valence-electron chi connectivity index (χ3n) is 3.62. The standard InChI is InChI=1S/C18H18Cl2N2O2/c1-12-5-3-4-6-14(12)10-21-18(24)11-22(13(2)23)17-8-7-15(19)9-16(17)20/h3-9H,10-11H2,1-2H3,(H,21,24). The Balaban J connectivity index is 2.06. The summed E-state index contributed by atoms with van der Waals surface area (Å²) < 4.78 is 0. The largest absolute Gasteiger partial charge is 0.350 e. The number of amides is 2. The first kappa shape index (κ1) is 18.3. The van der Waals surface area contributed by atoms with Crippen LogP contribution in [0.15, 0.2) is 42.5 Å². The first-order chi connectivity index (χ1) is 11.4. The number of rotatable bonds is 5. The van der Waals surface area contributed by atoms with E-state index in [1.165, 1.54) is 11.8 Å². The van der Waals surface area contributed by atoms with Gasteiger partial charge in [-0.25, -0.2) is 0 Å². The number of benzene rings is 2. The zero-order valence-electron chi connectivity index (χ0n) is 13.5. The van der Waals surface area contributed by atoms with Crippen molar-refractivity contribution >= 4 is 40.7 Å². The SMILES string of the molecule is CC(=O)N(CC(=O)NCc1ccccc1C)c1ccc(Cl)cc1Cl. The molecule has 0 saturated heterocycles. The Labute approximate surface area is 151 Å². The third-order valence-corrected chi connectivity index (χ3v) is 4.16. The van der Waals surface area contributed by atoms with E-state index in [2.05, 4.69) is 5.32 Å². The lowest BCUT2D eigenvalue weighted by molar-refractivity contribution is -0.123. The van der Waals surface area contributed by atoms with Crippen molar-refractivity contribution in [2.45, 2.75) is 20.4 Å². The third kappa shape index (κ3) is 4.73. The van der Waals surface area contributed by atoms with E-state index in [-0.39, 0.29) is 18.4 Å². The molecule has 0 heterocycles. The monoisotopic (exact) mass is 364 g/mol. The summed E-state index contributed by atoms with van der Waals surface area (Å²) in [5, 5.41) is 3.62. The summed E-state index contributed by atoms with van der Waals surface area (Å²) in [4.78, 5) is 25.4. The summed E-state index contributed by atoms with van der Waals surface area (Å²) in [6, 6.07) is 12.6. The van der Waals surface area contributed by atoms with Crippen LogP contribution in [0.1, 0.15) is 18.1 Å². The fourth-order valence-corrected chi connectivity index (χ4v) is 2.78. The zero-order chi connectivity index (χ0) is 17.7. The molecule has 6 heteroatoms. The number of carbonyl (C=O) groups is 2. The summed E-state index contributed by atoms with van der Waals surface area (Å²) in [6.07, 6.45) is 0. The van der Waals surface area contributed by atoms with Crippen LogP contribution in [0.4, 0.5) is 5.69 Å². The average molecular weight is 365 g/mol. The Hall–Kier alpha value is -2.04. The van der Waals surface area contributed by atoms with Gasteiger partial charge >= 0.3 is 0 Å². The van der Waals surface area contributed by atoms with E-state index in [4.69, 9.17) is 23.2 Å². The predicted molar refractivity (Wildman–Crippen MR) is 97.5 cm³/mol. The maximum atomic E-state index is 12.2. The molecule has 0 aliphatic carbocycles. The lowest BCUT2D eigenvalue weighted by Crippen LogP contribution is -2.39. The van der Waals surface area contributed by atoms with Gasteiger partial charge in [0.05, 0.1) is 10.7 Å². The molecule has 0 fully saturated rings. The maximum Gasteiger partial charge on any atom is 0.240 e. The Morgan fingerprint density at radius 3 is 2.46 bits per heavy atom. The quantitative estimate of drug-likeness (QED) is 0.872. The summed E-state index contributed by atoms with van der Waals surface area (Å²) >= 11 is 12.0. The van der Waals surface area contributed by atoms with Gasteiger partial charge in [-0.15, -0.1) is 0 Å². The van der Waals surface area contributed by atoms with Crippen molar-refractivity contribution < 1.29 is 9.59 Å². The molecule has 2 rings (SSSR count). The minimum atomic E-state index is -0.273. The molecule has 0 saturated carbocycles. The summed E-state index contributed by atoms with van der Waals surface area (Å²) in [5.74, 6) is -0.537. The summed E-state index contributed by atoms with van der Waals surface area (Å²) in [6.45, 7) is 3.67. The van der Waals surface area contributed by atoms with Crippen LogP contribution in [0.25, 0.3) is 0 Å². The van der Waals surface area contributed by atoms with Crippen molar-refractivity contribution in [3.63, 3.8) is 0 Å². The van der Waals surface area contributed by atoms with E-state index in [0.29, 0.717) is 22.3 Å². The number of hydrogen-bond acceptors (Lipinski definition) is 2. The normalized spacial score (nSPS) is 10.3.